The number of phosphoric ester groups is 1. The van der Waals surface area contributed by atoms with Crippen molar-refractivity contribution in [2.24, 2.45) is 0 Å². The molecule has 0 heterocycles. The molecule has 0 fully saturated rings. The van der Waals surface area contributed by atoms with Gasteiger partial charge in [0.1, 0.15) is 13.2 Å². The second-order valence-electron chi connectivity index (χ2n) is 12.5. The van der Waals surface area contributed by atoms with Crippen molar-refractivity contribution < 1.29 is 32.5 Å². The molecule has 41 heavy (non-hydrogen) atoms. The molecular formula is C32H66NO6PS. The predicted octanol–water partition coefficient (Wildman–Crippen LogP) is 8.68. The molecule has 0 amide bonds. The Hall–Kier alpha value is 0.0500. The van der Waals surface area contributed by atoms with Gasteiger partial charge in [0, 0.05) is 13.0 Å². The van der Waals surface area contributed by atoms with Gasteiger partial charge in [-0.1, -0.05) is 135 Å². The molecule has 0 aromatic carbocycles. The van der Waals surface area contributed by atoms with Crippen molar-refractivity contribution in [3.63, 3.8) is 0 Å². The first kappa shape index (κ1) is 41.0. The van der Waals surface area contributed by atoms with Gasteiger partial charge >= 0.3 is 0 Å². The Morgan fingerprint density at radius 2 is 1.15 bits per heavy atom. The predicted molar refractivity (Wildman–Crippen MR) is 173 cm³/mol. The standard InChI is InChI=1S/C32H66NO6PS/c1-6-8-10-12-13-14-15-16-17-18-19-20-22-24-27-37-29-31(41-32(34)25-23-21-11-9-7-2)30-39-40(35,36)38-28-26-33(3,4)5/h31H,6-30H2,1-5H3/t31-/m0/s1. The number of carbonyl (C=O) groups is 1. The van der Waals surface area contributed by atoms with E-state index in [0.717, 1.165) is 43.9 Å². The van der Waals surface area contributed by atoms with Crippen molar-refractivity contribution >= 4 is 24.7 Å². The number of nitrogens with zero attached hydrogens (tertiary/aromatic N) is 1. The van der Waals surface area contributed by atoms with Crippen LogP contribution in [0.1, 0.15) is 142 Å². The smallest absolute Gasteiger partial charge is 0.268 e. The number of thioether (sulfide) groups is 1. The van der Waals surface area contributed by atoms with Crippen LogP contribution in [0, 0.1) is 0 Å². The third kappa shape index (κ3) is 31.3. The fraction of sp³-hybridized carbons (Fsp3) is 0.969. The van der Waals surface area contributed by atoms with Gasteiger partial charge < -0.3 is 23.2 Å². The summed E-state index contributed by atoms with van der Waals surface area (Å²) in [5.41, 5.74) is 0. The Morgan fingerprint density at radius 1 is 0.683 bits per heavy atom. The molecule has 0 aromatic heterocycles. The summed E-state index contributed by atoms with van der Waals surface area (Å²) >= 11 is 1.16. The number of quaternary nitrogens is 1. The molecule has 246 valence electrons. The largest absolute Gasteiger partial charge is 0.756 e. The summed E-state index contributed by atoms with van der Waals surface area (Å²) in [6, 6.07) is 0. The van der Waals surface area contributed by atoms with E-state index in [2.05, 4.69) is 13.8 Å². The topological polar surface area (TPSA) is 84.9 Å². The summed E-state index contributed by atoms with van der Waals surface area (Å²) in [6.45, 7) is 5.85. The maximum Gasteiger partial charge on any atom is 0.268 e. The van der Waals surface area contributed by atoms with Crippen LogP contribution in [0.4, 0.5) is 0 Å². The Morgan fingerprint density at radius 3 is 1.63 bits per heavy atom. The number of ether oxygens (including phenoxy) is 1. The monoisotopic (exact) mass is 623 g/mol. The highest BCUT2D eigenvalue weighted by atomic mass is 32.2. The minimum Gasteiger partial charge on any atom is -0.756 e. The minimum atomic E-state index is -4.43. The van der Waals surface area contributed by atoms with E-state index in [0.29, 0.717) is 30.7 Å². The molecule has 0 N–H and O–H groups in total. The molecule has 7 nitrogen and oxygen atoms in total. The van der Waals surface area contributed by atoms with Gasteiger partial charge in [0.2, 0.25) is 0 Å². The molecule has 9 heteroatoms. The summed E-state index contributed by atoms with van der Waals surface area (Å²) in [5, 5.41) is -0.295. The first-order valence-electron chi connectivity index (χ1n) is 16.8. The van der Waals surface area contributed by atoms with Gasteiger partial charge in [0.15, 0.2) is 5.12 Å². The number of phosphoric acid groups is 1. The van der Waals surface area contributed by atoms with E-state index in [4.69, 9.17) is 13.8 Å². The zero-order valence-electron chi connectivity index (χ0n) is 27.5. The zero-order chi connectivity index (χ0) is 30.7. The third-order valence-electron chi connectivity index (χ3n) is 7.16. The van der Waals surface area contributed by atoms with Crippen LogP contribution in [-0.2, 0) is 23.1 Å². The molecule has 2 atom stereocenters. The van der Waals surface area contributed by atoms with Gasteiger partial charge in [-0.05, 0) is 12.8 Å². The summed E-state index contributed by atoms with van der Waals surface area (Å²) in [5.74, 6) is 0. The molecular weight excluding hydrogens is 557 g/mol. The van der Waals surface area contributed by atoms with Crippen LogP contribution in [0.5, 0.6) is 0 Å². The van der Waals surface area contributed by atoms with Crippen molar-refractivity contribution in [2.75, 3.05) is 54.1 Å². The maximum atomic E-state index is 12.5. The molecule has 0 aliphatic carbocycles. The summed E-state index contributed by atoms with van der Waals surface area (Å²) in [7, 11) is 1.48. The molecule has 0 saturated carbocycles. The number of carbonyl (C=O) groups excluding carboxylic acids is 1. The fourth-order valence-electron chi connectivity index (χ4n) is 4.49. The van der Waals surface area contributed by atoms with Crippen molar-refractivity contribution in [1.82, 2.24) is 0 Å². The molecule has 1 unspecified atom stereocenters. The second kappa shape index (κ2) is 27.6. The van der Waals surface area contributed by atoms with E-state index in [1.54, 1.807) is 0 Å². The van der Waals surface area contributed by atoms with E-state index >= 15 is 0 Å². The van der Waals surface area contributed by atoms with Crippen LogP contribution in [-0.4, -0.2) is 69.0 Å². The summed E-state index contributed by atoms with van der Waals surface area (Å²) < 4.78 is 28.9. The Labute approximate surface area is 258 Å². The van der Waals surface area contributed by atoms with Crippen molar-refractivity contribution in [3.8, 4) is 0 Å². The number of rotatable bonds is 31. The quantitative estimate of drug-likeness (QED) is 0.0434. The van der Waals surface area contributed by atoms with E-state index in [1.807, 2.05) is 21.1 Å². The first-order chi connectivity index (χ1) is 19.6. The Kier molecular flexibility index (Phi) is 27.6. The SMILES string of the molecule is CCCCCCCCCCCCCCCCOC[C@@H](COP(=O)([O-])OCC[N+](C)(C)C)SC(=O)CCCCCCC. The van der Waals surface area contributed by atoms with Gasteiger partial charge in [-0.15, -0.1) is 0 Å². The average Bonchev–Trinajstić information content (AvgIpc) is 2.90. The van der Waals surface area contributed by atoms with Crippen LogP contribution in [0.25, 0.3) is 0 Å². The van der Waals surface area contributed by atoms with E-state index in [9.17, 15) is 14.3 Å². The zero-order valence-corrected chi connectivity index (χ0v) is 29.2. The minimum absolute atomic E-state index is 0.0639. The highest BCUT2D eigenvalue weighted by Gasteiger charge is 2.20. The lowest BCUT2D eigenvalue weighted by Crippen LogP contribution is -2.37. The van der Waals surface area contributed by atoms with Gasteiger partial charge in [0.25, 0.3) is 7.82 Å². The van der Waals surface area contributed by atoms with E-state index < -0.39 is 7.82 Å². The fourth-order valence-corrected chi connectivity index (χ4v) is 6.26. The van der Waals surface area contributed by atoms with E-state index in [-0.39, 0.29) is 23.6 Å². The van der Waals surface area contributed by atoms with Crippen LogP contribution in [0.15, 0.2) is 0 Å². The number of hydrogen-bond donors (Lipinski definition) is 0. The highest BCUT2D eigenvalue weighted by Crippen LogP contribution is 2.39. The molecule has 0 bridgehead atoms. The molecule has 0 radical (unpaired) electrons. The first-order valence-corrected chi connectivity index (χ1v) is 19.1. The maximum absolute atomic E-state index is 12.5. The van der Waals surface area contributed by atoms with Crippen LogP contribution in [0.3, 0.4) is 0 Å². The van der Waals surface area contributed by atoms with Gasteiger partial charge in [-0.2, -0.15) is 0 Å². The molecule has 0 spiro atoms. The average molecular weight is 624 g/mol. The molecule has 0 saturated heterocycles. The van der Waals surface area contributed by atoms with E-state index in [1.165, 1.54) is 89.9 Å². The lowest BCUT2D eigenvalue weighted by Gasteiger charge is -2.28. The van der Waals surface area contributed by atoms with Gasteiger partial charge in [0.05, 0.1) is 39.6 Å². The normalized spacial score (nSPS) is 14.3. The Bertz CT molecular complexity index is 646. The summed E-state index contributed by atoms with van der Waals surface area (Å²) in [4.78, 5) is 24.8. The number of likely N-dealkylation sites (N-methyl/N-ethyl adjacent to an activating group) is 1. The van der Waals surface area contributed by atoms with Gasteiger partial charge in [-0.3, -0.25) is 9.36 Å². The lowest BCUT2D eigenvalue weighted by molar-refractivity contribution is -0.870. The molecule has 0 rings (SSSR count). The third-order valence-corrected chi connectivity index (χ3v) is 9.20. The van der Waals surface area contributed by atoms with Crippen LogP contribution < -0.4 is 4.89 Å². The van der Waals surface area contributed by atoms with Crippen molar-refractivity contribution in [3.05, 3.63) is 0 Å². The molecule has 0 aliphatic heterocycles. The second-order valence-corrected chi connectivity index (χ2v) is 15.3. The summed E-state index contributed by atoms with van der Waals surface area (Å²) in [6.07, 6.45) is 24.3. The van der Waals surface area contributed by atoms with Crippen molar-refractivity contribution in [2.45, 2.75) is 148 Å². The van der Waals surface area contributed by atoms with Crippen LogP contribution in [0.2, 0.25) is 0 Å². The lowest BCUT2D eigenvalue weighted by atomic mass is 10.0. The highest BCUT2D eigenvalue weighted by molar-refractivity contribution is 8.14. The molecule has 0 aliphatic rings. The van der Waals surface area contributed by atoms with Crippen molar-refractivity contribution in [1.29, 1.82) is 0 Å². The molecule has 0 aromatic rings. The van der Waals surface area contributed by atoms with Crippen LogP contribution >= 0.6 is 19.6 Å². The van der Waals surface area contributed by atoms with Gasteiger partial charge in [-0.25, -0.2) is 0 Å². The Balaban J connectivity index is 4.18. The number of unbranched alkanes of at least 4 members (excludes halogenated alkanes) is 17. The number of hydrogen-bond acceptors (Lipinski definition) is 7.